The number of fused-ring (bicyclic) bond motifs is 2. The van der Waals surface area contributed by atoms with Gasteiger partial charge in [-0.2, -0.15) is 0 Å². The number of nitrogens with one attached hydrogen (secondary N) is 1. The first-order chi connectivity index (χ1) is 11.2. The summed E-state index contributed by atoms with van der Waals surface area (Å²) >= 11 is 0. The summed E-state index contributed by atoms with van der Waals surface area (Å²) in [5, 5.41) is 13.7. The molecule has 2 bridgehead atoms. The van der Waals surface area contributed by atoms with Crippen LogP contribution in [0, 0.1) is 5.92 Å². The smallest absolute Gasteiger partial charge is 0.148 e. The van der Waals surface area contributed by atoms with Gasteiger partial charge in [0.25, 0.3) is 0 Å². The van der Waals surface area contributed by atoms with Crippen molar-refractivity contribution in [3.63, 3.8) is 0 Å². The topological polar surface area (TPSA) is 52.6 Å². The van der Waals surface area contributed by atoms with Gasteiger partial charge in [0.1, 0.15) is 12.0 Å². The molecule has 4 nitrogen and oxygen atoms in total. The highest BCUT2D eigenvalue weighted by molar-refractivity contribution is 5.86. The molecule has 5 rings (SSSR count). The average Bonchev–Trinajstić information content (AvgIpc) is 3.12. The Morgan fingerprint density at radius 1 is 1.43 bits per heavy atom. The van der Waals surface area contributed by atoms with E-state index < -0.39 is 0 Å². The Bertz CT molecular complexity index is 795. The molecule has 1 aromatic carbocycles. The van der Waals surface area contributed by atoms with E-state index in [4.69, 9.17) is 0 Å². The SMILES string of the molecule is C/C=C1\CN2CCC34C(=C(C=O)C1CC23)Nc1c(O)cccc14. The number of benzene rings is 1. The van der Waals surface area contributed by atoms with Crippen LogP contribution in [0.3, 0.4) is 0 Å². The van der Waals surface area contributed by atoms with E-state index in [9.17, 15) is 9.90 Å². The standard InChI is InChI=1S/C19H20N2O2/c1-2-11-9-21-7-6-19-14-4-3-5-15(23)17(14)20-18(19)13(10-22)12(11)8-16(19)21/h2-5,10,12,16,20,23H,6-9H2,1H3/b11-2+. The second-order valence-electron chi connectivity index (χ2n) is 7.13. The highest BCUT2D eigenvalue weighted by Gasteiger charge is 2.61. The summed E-state index contributed by atoms with van der Waals surface area (Å²) < 4.78 is 0. The quantitative estimate of drug-likeness (QED) is 0.476. The monoisotopic (exact) mass is 308 g/mol. The van der Waals surface area contributed by atoms with Crippen molar-refractivity contribution in [3.05, 3.63) is 46.7 Å². The second-order valence-corrected chi connectivity index (χ2v) is 7.13. The van der Waals surface area contributed by atoms with Crippen LogP contribution in [0.5, 0.6) is 5.75 Å². The zero-order chi connectivity index (χ0) is 15.8. The maximum Gasteiger partial charge on any atom is 0.148 e. The van der Waals surface area contributed by atoms with E-state index in [1.54, 1.807) is 6.07 Å². The number of carbonyl (C=O) groups excluding carboxylic acids is 1. The number of hydrogen-bond donors (Lipinski definition) is 2. The number of aldehydes is 1. The first-order valence-electron chi connectivity index (χ1n) is 8.39. The van der Waals surface area contributed by atoms with Gasteiger partial charge in [-0.1, -0.05) is 23.8 Å². The number of para-hydroxylation sites is 1. The van der Waals surface area contributed by atoms with Crippen LogP contribution in [-0.4, -0.2) is 35.4 Å². The molecule has 3 heterocycles. The number of carbonyl (C=O) groups is 1. The molecule has 0 amide bonds. The zero-order valence-electron chi connectivity index (χ0n) is 13.2. The number of nitrogens with zero attached hydrogens (tertiary/aromatic N) is 1. The number of allylic oxidation sites excluding steroid dienone is 2. The summed E-state index contributed by atoms with van der Waals surface area (Å²) in [6.45, 7) is 4.08. The van der Waals surface area contributed by atoms with Crippen molar-refractivity contribution in [3.8, 4) is 5.75 Å². The van der Waals surface area contributed by atoms with E-state index >= 15 is 0 Å². The maximum atomic E-state index is 12.0. The van der Waals surface area contributed by atoms with Crippen LogP contribution in [0.2, 0.25) is 0 Å². The molecule has 2 N–H and O–H groups in total. The summed E-state index contributed by atoms with van der Waals surface area (Å²) in [4.78, 5) is 14.5. The molecule has 3 unspecified atom stereocenters. The minimum Gasteiger partial charge on any atom is -0.506 e. The largest absolute Gasteiger partial charge is 0.506 e. The second kappa shape index (κ2) is 4.26. The van der Waals surface area contributed by atoms with Crippen LogP contribution in [0.15, 0.2) is 41.1 Å². The molecule has 0 radical (unpaired) electrons. The van der Waals surface area contributed by atoms with Gasteiger partial charge in [-0.15, -0.1) is 0 Å². The van der Waals surface area contributed by atoms with Crippen LogP contribution >= 0.6 is 0 Å². The molecule has 1 spiro atoms. The molecule has 23 heavy (non-hydrogen) atoms. The summed E-state index contributed by atoms with van der Waals surface area (Å²) in [7, 11) is 0. The zero-order valence-corrected chi connectivity index (χ0v) is 13.2. The van der Waals surface area contributed by atoms with Crippen molar-refractivity contribution in [1.29, 1.82) is 0 Å². The van der Waals surface area contributed by atoms with Gasteiger partial charge in [-0.25, -0.2) is 0 Å². The van der Waals surface area contributed by atoms with Gasteiger partial charge in [0, 0.05) is 36.3 Å². The average molecular weight is 308 g/mol. The van der Waals surface area contributed by atoms with Crippen LogP contribution in [0.1, 0.15) is 25.3 Å². The Labute approximate surface area is 135 Å². The molecule has 4 aliphatic rings. The minimum atomic E-state index is -0.139. The van der Waals surface area contributed by atoms with E-state index in [0.29, 0.717) is 6.04 Å². The van der Waals surface area contributed by atoms with Crippen molar-refractivity contribution in [1.82, 2.24) is 4.90 Å². The fourth-order valence-electron chi connectivity index (χ4n) is 5.50. The molecule has 2 fully saturated rings. The summed E-state index contributed by atoms with van der Waals surface area (Å²) in [6.07, 6.45) is 5.24. The number of phenols is 1. The third-order valence-electron chi connectivity index (χ3n) is 6.48. The van der Waals surface area contributed by atoms with E-state index in [-0.39, 0.29) is 17.1 Å². The predicted octanol–water partition coefficient (Wildman–Crippen LogP) is 2.56. The molecule has 1 aromatic rings. The lowest BCUT2D eigenvalue weighted by atomic mass is 9.62. The van der Waals surface area contributed by atoms with Crippen molar-refractivity contribution in [2.75, 3.05) is 18.4 Å². The number of anilines is 1. The molecule has 3 atom stereocenters. The molecular weight excluding hydrogens is 288 g/mol. The molecule has 1 aliphatic carbocycles. The van der Waals surface area contributed by atoms with Gasteiger partial charge in [-0.3, -0.25) is 9.69 Å². The third-order valence-corrected chi connectivity index (χ3v) is 6.48. The number of phenolic OH excluding ortho intramolecular Hbond substituents is 1. The van der Waals surface area contributed by atoms with Crippen molar-refractivity contribution in [2.45, 2.75) is 31.2 Å². The number of hydrogen-bond acceptors (Lipinski definition) is 4. The highest BCUT2D eigenvalue weighted by atomic mass is 16.3. The van der Waals surface area contributed by atoms with Crippen molar-refractivity contribution in [2.24, 2.45) is 5.92 Å². The van der Waals surface area contributed by atoms with E-state index in [1.807, 2.05) is 6.07 Å². The molecular formula is C19H20N2O2. The Hall–Kier alpha value is -2.07. The fraction of sp³-hybridized carbons (Fsp3) is 0.421. The van der Waals surface area contributed by atoms with Crippen LogP contribution in [0.25, 0.3) is 0 Å². The van der Waals surface area contributed by atoms with Crippen LogP contribution in [-0.2, 0) is 10.2 Å². The Kier molecular flexibility index (Phi) is 2.48. The van der Waals surface area contributed by atoms with Gasteiger partial charge in [0.05, 0.1) is 11.1 Å². The molecule has 2 saturated heterocycles. The lowest BCUT2D eigenvalue weighted by Crippen LogP contribution is -2.52. The van der Waals surface area contributed by atoms with E-state index in [2.05, 4.69) is 29.3 Å². The molecule has 3 aliphatic heterocycles. The lowest BCUT2D eigenvalue weighted by Gasteiger charge is -2.48. The Morgan fingerprint density at radius 2 is 2.30 bits per heavy atom. The molecule has 0 saturated carbocycles. The molecule has 118 valence electrons. The number of aromatic hydroxyl groups is 1. The van der Waals surface area contributed by atoms with Crippen LogP contribution in [0.4, 0.5) is 5.69 Å². The van der Waals surface area contributed by atoms with Gasteiger partial charge in [-0.05, 0) is 31.4 Å². The summed E-state index contributed by atoms with van der Waals surface area (Å²) in [6, 6.07) is 6.18. The first kappa shape index (κ1) is 13.4. The first-order valence-corrected chi connectivity index (χ1v) is 8.39. The minimum absolute atomic E-state index is 0.139. The predicted molar refractivity (Wildman–Crippen MR) is 88.3 cm³/mol. The van der Waals surface area contributed by atoms with Crippen molar-refractivity contribution < 1.29 is 9.90 Å². The normalized spacial score (nSPS) is 36.0. The fourth-order valence-corrected chi connectivity index (χ4v) is 5.50. The maximum absolute atomic E-state index is 12.0. The molecule has 0 aromatic heterocycles. The van der Waals surface area contributed by atoms with E-state index in [1.165, 1.54) is 11.1 Å². The lowest BCUT2D eigenvalue weighted by molar-refractivity contribution is -0.105. The Balaban J connectivity index is 1.84. The van der Waals surface area contributed by atoms with Gasteiger partial charge in [0.15, 0.2) is 0 Å². The third kappa shape index (κ3) is 1.39. The number of rotatable bonds is 1. The molecule has 4 heteroatoms. The van der Waals surface area contributed by atoms with Crippen LogP contribution < -0.4 is 5.32 Å². The summed E-state index contributed by atoms with van der Waals surface area (Å²) in [5.74, 6) is 0.507. The van der Waals surface area contributed by atoms with Gasteiger partial charge < -0.3 is 10.4 Å². The van der Waals surface area contributed by atoms with Gasteiger partial charge in [0.2, 0.25) is 0 Å². The van der Waals surface area contributed by atoms with Crippen molar-refractivity contribution >= 4 is 12.0 Å². The Morgan fingerprint density at radius 3 is 3.09 bits per heavy atom. The number of piperidine rings is 1. The summed E-state index contributed by atoms with van der Waals surface area (Å²) in [5.41, 5.74) is 5.13. The van der Waals surface area contributed by atoms with E-state index in [0.717, 1.165) is 49.2 Å². The van der Waals surface area contributed by atoms with Gasteiger partial charge >= 0.3 is 0 Å². The highest BCUT2D eigenvalue weighted by Crippen LogP contribution is 2.61.